The Balaban J connectivity index is 1.72. The standard InChI is InChI=1S/C23H26N4O5S/c1-16-21(23(29)27(25(16)2)17-9-5-4-6-10-17)24-22(28)19-15-18(11-12-20(19)32-3)33(30,31)26-13-7-8-14-26/h4-6,9-12,15H,7-8,13-14H2,1-3H3,(H,24,28). The van der Waals surface area contributed by atoms with Crippen LogP contribution < -0.4 is 15.6 Å². The van der Waals surface area contributed by atoms with E-state index in [4.69, 9.17) is 4.74 Å². The van der Waals surface area contributed by atoms with E-state index in [1.54, 1.807) is 30.8 Å². The van der Waals surface area contributed by atoms with Gasteiger partial charge in [-0.3, -0.25) is 14.3 Å². The van der Waals surface area contributed by atoms with Crippen LogP contribution in [0.25, 0.3) is 5.69 Å². The molecule has 0 unspecified atom stereocenters. The number of anilines is 1. The molecule has 0 saturated carbocycles. The first-order chi connectivity index (χ1) is 15.8. The molecule has 33 heavy (non-hydrogen) atoms. The van der Waals surface area contributed by atoms with Crippen LogP contribution in [0.5, 0.6) is 5.75 Å². The predicted molar refractivity (Wildman–Crippen MR) is 125 cm³/mol. The quantitative estimate of drug-likeness (QED) is 0.596. The van der Waals surface area contributed by atoms with Gasteiger partial charge in [-0.15, -0.1) is 0 Å². The van der Waals surface area contributed by atoms with Crippen molar-refractivity contribution < 1.29 is 17.9 Å². The van der Waals surface area contributed by atoms with E-state index in [0.29, 0.717) is 24.5 Å². The van der Waals surface area contributed by atoms with Crippen LogP contribution in [0.4, 0.5) is 5.69 Å². The van der Waals surface area contributed by atoms with Crippen molar-refractivity contribution in [3.05, 3.63) is 70.1 Å². The Bertz CT molecular complexity index is 1350. The van der Waals surface area contributed by atoms with Crippen LogP contribution in [-0.4, -0.2) is 48.2 Å². The van der Waals surface area contributed by atoms with Gasteiger partial charge in [0.05, 0.1) is 29.0 Å². The zero-order valence-corrected chi connectivity index (χ0v) is 19.6. The first kappa shape index (κ1) is 22.8. The second-order valence-corrected chi connectivity index (χ2v) is 9.80. The van der Waals surface area contributed by atoms with Gasteiger partial charge in [0, 0.05) is 20.1 Å². The van der Waals surface area contributed by atoms with Crippen molar-refractivity contribution in [2.75, 3.05) is 25.5 Å². The van der Waals surface area contributed by atoms with Crippen molar-refractivity contribution in [2.45, 2.75) is 24.7 Å². The second-order valence-electron chi connectivity index (χ2n) is 7.86. The van der Waals surface area contributed by atoms with Crippen LogP contribution in [0.3, 0.4) is 0 Å². The summed E-state index contributed by atoms with van der Waals surface area (Å²) in [6, 6.07) is 13.3. The first-order valence-electron chi connectivity index (χ1n) is 10.6. The van der Waals surface area contributed by atoms with Gasteiger partial charge in [0.15, 0.2) is 0 Å². The monoisotopic (exact) mass is 470 g/mol. The van der Waals surface area contributed by atoms with Crippen LogP contribution in [0, 0.1) is 6.92 Å². The van der Waals surface area contributed by atoms with Crippen LogP contribution in [-0.2, 0) is 17.1 Å². The summed E-state index contributed by atoms with van der Waals surface area (Å²) in [5.74, 6) is -0.416. The normalized spacial score (nSPS) is 14.4. The van der Waals surface area contributed by atoms with Crippen molar-refractivity contribution in [1.29, 1.82) is 0 Å². The molecule has 9 nitrogen and oxygen atoms in total. The van der Waals surface area contributed by atoms with Gasteiger partial charge in [0.2, 0.25) is 10.0 Å². The lowest BCUT2D eigenvalue weighted by molar-refractivity contribution is 0.102. The highest BCUT2D eigenvalue weighted by atomic mass is 32.2. The molecule has 0 radical (unpaired) electrons. The second kappa shape index (κ2) is 8.87. The highest BCUT2D eigenvalue weighted by Gasteiger charge is 2.29. The third-order valence-corrected chi connectivity index (χ3v) is 7.81. The summed E-state index contributed by atoms with van der Waals surface area (Å²) in [5, 5.41) is 2.67. The SMILES string of the molecule is COc1ccc(S(=O)(=O)N2CCCC2)cc1C(=O)Nc1c(C)n(C)n(-c2ccccc2)c1=O. The molecule has 4 rings (SSSR count). The van der Waals surface area contributed by atoms with E-state index in [1.165, 1.54) is 34.3 Å². The van der Waals surface area contributed by atoms with Crippen molar-refractivity contribution in [1.82, 2.24) is 13.7 Å². The molecule has 10 heteroatoms. The van der Waals surface area contributed by atoms with E-state index in [9.17, 15) is 18.0 Å². The highest BCUT2D eigenvalue weighted by Crippen LogP contribution is 2.27. The van der Waals surface area contributed by atoms with E-state index < -0.39 is 21.5 Å². The Hall–Kier alpha value is -3.37. The lowest BCUT2D eigenvalue weighted by atomic mass is 10.2. The average Bonchev–Trinajstić information content (AvgIpc) is 3.44. The summed E-state index contributed by atoms with van der Waals surface area (Å²) < 4.78 is 35.8. The number of ether oxygens (including phenoxy) is 1. The van der Waals surface area contributed by atoms with Gasteiger partial charge < -0.3 is 10.1 Å². The Morgan fingerprint density at radius 2 is 1.73 bits per heavy atom. The van der Waals surface area contributed by atoms with E-state index in [-0.39, 0.29) is 21.9 Å². The first-order valence-corrected chi connectivity index (χ1v) is 12.0. The maximum Gasteiger partial charge on any atom is 0.295 e. The van der Waals surface area contributed by atoms with E-state index in [2.05, 4.69) is 5.32 Å². The van der Waals surface area contributed by atoms with Gasteiger partial charge in [0.25, 0.3) is 11.5 Å². The summed E-state index contributed by atoms with van der Waals surface area (Å²) in [7, 11) is -0.595. The number of carbonyl (C=O) groups excluding carboxylic acids is 1. The minimum atomic E-state index is -3.72. The minimum Gasteiger partial charge on any atom is -0.496 e. The lowest BCUT2D eigenvalue weighted by Crippen LogP contribution is -2.28. The van der Waals surface area contributed by atoms with Crippen molar-refractivity contribution in [3.63, 3.8) is 0 Å². The molecule has 0 spiro atoms. The number of para-hydroxylation sites is 1. The van der Waals surface area contributed by atoms with Gasteiger partial charge in [-0.2, -0.15) is 4.31 Å². The van der Waals surface area contributed by atoms with Crippen molar-refractivity contribution in [3.8, 4) is 11.4 Å². The zero-order valence-electron chi connectivity index (χ0n) is 18.7. The Morgan fingerprint density at radius 3 is 2.36 bits per heavy atom. The van der Waals surface area contributed by atoms with Crippen molar-refractivity contribution >= 4 is 21.6 Å². The molecule has 2 heterocycles. The molecular formula is C23H26N4O5S. The fourth-order valence-electron chi connectivity index (χ4n) is 4.00. The molecule has 2 aromatic carbocycles. The Labute approximate surface area is 192 Å². The molecule has 1 aliphatic rings. The molecule has 0 bridgehead atoms. The topological polar surface area (TPSA) is 103 Å². The van der Waals surface area contributed by atoms with Gasteiger partial charge in [0.1, 0.15) is 11.4 Å². The fourth-order valence-corrected chi connectivity index (χ4v) is 5.54. The number of rotatable bonds is 6. The molecule has 1 aromatic heterocycles. The number of sulfonamides is 1. The number of methoxy groups -OCH3 is 1. The lowest BCUT2D eigenvalue weighted by Gasteiger charge is -2.17. The van der Waals surface area contributed by atoms with Crippen molar-refractivity contribution in [2.24, 2.45) is 7.05 Å². The Kier molecular flexibility index (Phi) is 6.13. The average molecular weight is 471 g/mol. The summed E-state index contributed by atoms with van der Waals surface area (Å²) in [6.45, 7) is 2.64. The molecular weight excluding hydrogens is 444 g/mol. The number of aromatic nitrogens is 2. The zero-order chi connectivity index (χ0) is 23.8. The van der Waals surface area contributed by atoms with E-state index in [0.717, 1.165) is 12.8 Å². The number of nitrogens with one attached hydrogen (secondary N) is 1. The third kappa shape index (κ3) is 4.07. The summed E-state index contributed by atoms with van der Waals surface area (Å²) in [5.41, 5.74) is 0.962. The minimum absolute atomic E-state index is 0.0156. The summed E-state index contributed by atoms with van der Waals surface area (Å²) >= 11 is 0. The third-order valence-electron chi connectivity index (χ3n) is 5.91. The molecule has 1 aliphatic heterocycles. The fraction of sp³-hybridized carbons (Fsp3) is 0.304. The number of benzene rings is 2. The number of hydrogen-bond acceptors (Lipinski definition) is 5. The van der Waals surface area contributed by atoms with Gasteiger partial charge in [-0.05, 0) is 50.1 Å². The number of hydrogen-bond donors (Lipinski definition) is 1. The summed E-state index contributed by atoms with van der Waals surface area (Å²) in [6.07, 6.45) is 1.62. The molecule has 1 fully saturated rings. The summed E-state index contributed by atoms with van der Waals surface area (Å²) in [4.78, 5) is 26.3. The smallest absolute Gasteiger partial charge is 0.295 e. The Morgan fingerprint density at radius 1 is 1.06 bits per heavy atom. The van der Waals surface area contributed by atoms with Crippen LogP contribution >= 0.6 is 0 Å². The van der Waals surface area contributed by atoms with Crippen LogP contribution in [0.2, 0.25) is 0 Å². The largest absolute Gasteiger partial charge is 0.496 e. The van der Waals surface area contributed by atoms with Gasteiger partial charge in [-0.25, -0.2) is 13.1 Å². The van der Waals surface area contributed by atoms with Crippen LogP contribution in [0.15, 0.2) is 58.2 Å². The number of nitrogens with zero attached hydrogens (tertiary/aromatic N) is 3. The molecule has 1 N–H and O–H groups in total. The van der Waals surface area contributed by atoms with E-state index in [1.807, 2.05) is 18.2 Å². The molecule has 1 saturated heterocycles. The molecule has 0 atom stereocenters. The highest BCUT2D eigenvalue weighted by molar-refractivity contribution is 7.89. The predicted octanol–water partition coefficient (Wildman–Crippen LogP) is 2.53. The molecule has 0 aliphatic carbocycles. The van der Waals surface area contributed by atoms with E-state index >= 15 is 0 Å². The van der Waals surface area contributed by atoms with Gasteiger partial charge in [-0.1, -0.05) is 18.2 Å². The maximum absolute atomic E-state index is 13.2. The maximum atomic E-state index is 13.2. The molecule has 3 aromatic rings. The number of amides is 1. The number of carbonyl (C=O) groups is 1. The molecule has 1 amide bonds. The molecule has 174 valence electrons. The van der Waals surface area contributed by atoms with Crippen LogP contribution in [0.1, 0.15) is 28.9 Å². The van der Waals surface area contributed by atoms with Gasteiger partial charge >= 0.3 is 0 Å².